The van der Waals surface area contributed by atoms with Crippen molar-refractivity contribution in [1.29, 1.82) is 0 Å². The van der Waals surface area contributed by atoms with E-state index in [0.717, 1.165) is 5.39 Å². The summed E-state index contributed by atoms with van der Waals surface area (Å²) in [7, 11) is 0. The van der Waals surface area contributed by atoms with Crippen molar-refractivity contribution in [3.63, 3.8) is 0 Å². The molecule has 0 amide bonds. The normalized spacial score (nSPS) is 13.7. The molecule has 0 N–H and O–H groups in total. The van der Waals surface area contributed by atoms with Gasteiger partial charge in [0.05, 0.1) is 16.2 Å². The van der Waals surface area contributed by atoms with Crippen LogP contribution in [0.15, 0.2) is 30.5 Å². The predicted octanol–water partition coefficient (Wildman–Crippen LogP) is 2.74. The third-order valence-electron chi connectivity index (χ3n) is 2.97. The van der Waals surface area contributed by atoms with Crippen LogP contribution in [0.1, 0.15) is 22.5 Å². The molecule has 3 rings (SSSR count). The molecule has 18 heavy (non-hydrogen) atoms. The van der Waals surface area contributed by atoms with Crippen LogP contribution >= 0.6 is 0 Å². The van der Waals surface area contributed by atoms with E-state index >= 15 is 0 Å². The smallest absolute Gasteiger partial charge is 0.270 e. The Morgan fingerprint density at radius 1 is 1.33 bits per heavy atom. The summed E-state index contributed by atoms with van der Waals surface area (Å²) in [5, 5.41) is 12.1. The number of fused-ring (bicyclic) bond motifs is 3. The molecule has 0 aliphatic heterocycles. The highest BCUT2D eigenvalue weighted by Gasteiger charge is 2.19. The topological polar surface area (TPSA) is 73.1 Å². The summed E-state index contributed by atoms with van der Waals surface area (Å²) in [6, 6.07) is 4.47. The fourth-order valence-electron chi connectivity index (χ4n) is 2.13. The minimum atomic E-state index is -0.463. The fourth-order valence-corrected chi connectivity index (χ4v) is 2.13. The van der Waals surface area contributed by atoms with E-state index in [1.54, 1.807) is 24.4 Å². The molecule has 5 heteroatoms. The molecule has 1 aromatic heterocycles. The van der Waals surface area contributed by atoms with E-state index in [0.29, 0.717) is 23.1 Å². The number of nitro groups is 1. The molecule has 0 fully saturated rings. The standard InChI is InChI=1S/C13H8N2O3/c16-12-3-1-2-11-13(12)10-6-9(15(17)18)5-4-8(10)7-14-11/h1-2,4-7H,3H2. The molecule has 1 aromatic carbocycles. The van der Waals surface area contributed by atoms with Crippen molar-refractivity contribution in [2.75, 3.05) is 0 Å². The summed E-state index contributed by atoms with van der Waals surface area (Å²) in [5.74, 6) is -0.0499. The number of carbonyl (C=O) groups excluding carboxylic acids is 1. The quantitative estimate of drug-likeness (QED) is 0.567. The number of hydrogen-bond acceptors (Lipinski definition) is 4. The van der Waals surface area contributed by atoms with Crippen molar-refractivity contribution in [2.45, 2.75) is 6.42 Å². The molecular formula is C13H8N2O3. The van der Waals surface area contributed by atoms with Crippen molar-refractivity contribution in [3.05, 3.63) is 51.8 Å². The predicted molar refractivity (Wildman–Crippen MR) is 66.4 cm³/mol. The van der Waals surface area contributed by atoms with Crippen LogP contribution in [-0.2, 0) is 0 Å². The molecule has 5 nitrogen and oxygen atoms in total. The van der Waals surface area contributed by atoms with E-state index in [1.165, 1.54) is 12.1 Å². The molecule has 0 saturated carbocycles. The van der Waals surface area contributed by atoms with Gasteiger partial charge in [0.15, 0.2) is 5.78 Å². The van der Waals surface area contributed by atoms with Crippen LogP contribution in [0.3, 0.4) is 0 Å². The Labute approximate surface area is 102 Å². The number of allylic oxidation sites excluding steroid dienone is 1. The summed E-state index contributed by atoms with van der Waals surface area (Å²) in [6.45, 7) is 0. The average molecular weight is 240 g/mol. The van der Waals surface area contributed by atoms with E-state index in [2.05, 4.69) is 4.98 Å². The Morgan fingerprint density at radius 3 is 2.94 bits per heavy atom. The number of nitro benzene ring substituents is 1. The number of Topliss-reactive ketones (excluding diaryl/α,β-unsaturated/α-hetero) is 1. The number of aromatic nitrogens is 1. The summed E-state index contributed by atoms with van der Waals surface area (Å²) in [6.07, 6.45) is 5.47. The number of carbonyl (C=O) groups is 1. The van der Waals surface area contributed by atoms with Gasteiger partial charge >= 0.3 is 0 Å². The Balaban J connectivity index is 2.39. The van der Waals surface area contributed by atoms with Gasteiger partial charge in [-0.15, -0.1) is 0 Å². The third kappa shape index (κ3) is 1.48. The minimum Gasteiger partial charge on any atom is -0.294 e. The van der Waals surface area contributed by atoms with E-state index in [-0.39, 0.29) is 11.5 Å². The first-order chi connectivity index (χ1) is 8.66. The number of hydrogen-bond donors (Lipinski definition) is 0. The van der Waals surface area contributed by atoms with Gasteiger partial charge in [-0.05, 0) is 12.1 Å². The molecule has 1 aliphatic rings. The van der Waals surface area contributed by atoms with Gasteiger partial charge in [0, 0.05) is 35.5 Å². The molecule has 1 aliphatic carbocycles. The number of benzene rings is 1. The van der Waals surface area contributed by atoms with Gasteiger partial charge in [0.1, 0.15) is 0 Å². The van der Waals surface area contributed by atoms with Crippen LogP contribution in [-0.4, -0.2) is 15.7 Å². The summed E-state index contributed by atoms with van der Waals surface area (Å²) in [4.78, 5) is 26.4. The van der Waals surface area contributed by atoms with Crippen LogP contribution < -0.4 is 0 Å². The van der Waals surface area contributed by atoms with Crippen molar-refractivity contribution in [3.8, 4) is 0 Å². The first-order valence-electron chi connectivity index (χ1n) is 5.44. The number of pyridine rings is 1. The monoisotopic (exact) mass is 240 g/mol. The van der Waals surface area contributed by atoms with Crippen LogP contribution in [0, 0.1) is 10.1 Å². The van der Waals surface area contributed by atoms with Crippen LogP contribution in [0.5, 0.6) is 0 Å². The molecule has 0 saturated heterocycles. The average Bonchev–Trinajstić information content (AvgIpc) is 2.37. The lowest BCUT2D eigenvalue weighted by molar-refractivity contribution is -0.384. The summed E-state index contributed by atoms with van der Waals surface area (Å²) < 4.78 is 0. The van der Waals surface area contributed by atoms with Crippen molar-refractivity contribution >= 4 is 28.3 Å². The molecule has 0 atom stereocenters. The number of ketones is 1. The van der Waals surface area contributed by atoms with E-state index < -0.39 is 4.92 Å². The third-order valence-corrected chi connectivity index (χ3v) is 2.97. The van der Waals surface area contributed by atoms with E-state index in [4.69, 9.17) is 0 Å². The second-order valence-electron chi connectivity index (χ2n) is 4.08. The highest BCUT2D eigenvalue weighted by Crippen LogP contribution is 2.28. The molecule has 0 bridgehead atoms. The minimum absolute atomic E-state index is 0.0155. The Bertz CT molecular complexity index is 719. The van der Waals surface area contributed by atoms with Crippen LogP contribution in [0.2, 0.25) is 0 Å². The SMILES string of the molecule is O=C1CC=Cc2ncc3ccc([N+](=O)[O-])cc3c21. The maximum Gasteiger partial charge on any atom is 0.270 e. The zero-order valence-corrected chi connectivity index (χ0v) is 9.29. The molecule has 0 unspecified atom stereocenters. The van der Waals surface area contributed by atoms with Gasteiger partial charge in [-0.25, -0.2) is 0 Å². The van der Waals surface area contributed by atoms with Crippen molar-refractivity contribution < 1.29 is 9.72 Å². The summed E-state index contributed by atoms with van der Waals surface area (Å²) >= 11 is 0. The van der Waals surface area contributed by atoms with Gasteiger partial charge in [-0.3, -0.25) is 19.9 Å². The van der Waals surface area contributed by atoms with Crippen LogP contribution in [0.25, 0.3) is 16.8 Å². The zero-order valence-electron chi connectivity index (χ0n) is 9.29. The van der Waals surface area contributed by atoms with Gasteiger partial charge in [-0.2, -0.15) is 0 Å². The van der Waals surface area contributed by atoms with Crippen molar-refractivity contribution in [2.24, 2.45) is 0 Å². The maximum atomic E-state index is 11.9. The second kappa shape index (κ2) is 3.73. The Hall–Kier alpha value is -2.56. The molecule has 88 valence electrons. The van der Waals surface area contributed by atoms with Gasteiger partial charge in [0.2, 0.25) is 0 Å². The largest absolute Gasteiger partial charge is 0.294 e. The lowest BCUT2D eigenvalue weighted by Gasteiger charge is -2.11. The zero-order chi connectivity index (χ0) is 12.7. The summed E-state index contributed by atoms with van der Waals surface area (Å²) in [5.41, 5.74) is 1.05. The van der Waals surface area contributed by atoms with Gasteiger partial charge in [-0.1, -0.05) is 6.08 Å². The number of nitrogens with zero attached hydrogens (tertiary/aromatic N) is 2. The highest BCUT2D eigenvalue weighted by molar-refractivity contribution is 6.12. The second-order valence-corrected chi connectivity index (χ2v) is 4.08. The first kappa shape index (κ1) is 10.6. The Morgan fingerprint density at radius 2 is 2.17 bits per heavy atom. The molecular weight excluding hydrogens is 232 g/mol. The number of non-ortho nitro benzene ring substituents is 1. The van der Waals surface area contributed by atoms with Gasteiger partial charge < -0.3 is 0 Å². The van der Waals surface area contributed by atoms with Crippen LogP contribution in [0.4, 0.5) is 5.69 Å². The van der Waals surface area contributed by atoms with Crippen molar-refractivity contribution in [1.82, 2.24) is 4.98 Å². The Kier molecular flexibility index (Phi) is 2.19. The number of rotatable bonds is 1. The molecule has 0 spiro atoms. The fraction of sp³-hybridized carbons (Fsp3) is 0.0769. The lowest BCUT2D eigenvalue weighted by Crippen LogP contribution is -2.07. The first-order valence-corrected chi connectivity index (χ1v) is 5.44. The van der Waals surface area contributed by atoms with Gasteiger partial charge in [0.25, 0.3) is 5.69 Å². The molecule has 1 heterocycles. The lowest BCUT2D eigenvalue weighted by atomic mass is 9.95. The maximum absolute atomic E-state index is 11.9. The molecule has 2 aromatic rings. The highest BCUT2D eigenvalue weighted by atomic mass is 16.6. The molecule has 0 radical (unpaired) electrons. The van der Waals surface area contributed by atoms with E-state index in [9.17, 15) is 14.9 Å². The van der Waals surface area contributed by atoms with E-state index in [1.807, 2.05) is 0 Å².